The molecule has 1 atom stereocenters. The Morgan fingerprint density at radius 3 is 2.52 bits per heavy atom. The molecule has 0 amide bonds. The van der Waals surface area contributed by atoms with Crippen LogP contribution in [0, 0.1) is 0 Å². The van der Waals surface area contributed by atoms with Crippen LogP contribution in [0.4, 0.5) is 17.6 Å². The number of aromatic nitrogens is 3. The lowest BCUT2D eigenvalue weighted by molar-refractivity contribution is 0.0954. The molecule has 0 spiro atoms. The van der Waals surface area contributed by atoms with E-state index < -0.39 is 0 Å². The van der Waals surface area contributed by atoms with Crippen molar-refractivity contribution in [3.05, 3.63) is 57.5 Å². The molecule has 0 bridgehead atoms. The van der Waals surface area contributed by atoms with E-state index in [-0.39, 0.29) is 12.0 Å². The number of nitrogens with two attached hydrogens (primary N) is 1. The molecule has 3 aromatic rings. The van der Waals surface area contributed by atoms with Crippen LogP contribution in [0.2, 0.25) is 4.34 Å². The lowest BCUT2D eigenvalue weighted by Crippen LogP contribution is -2.46. The fraction of sp³-hybridized carbons (Fsp3) is 0.350. The largest absolute Gasteiger partial charge is 0.368 e. The number of halogens is 1. The van der Waals surface area contributed by atoms with Gasteiger partial charge in [-0.2, -0.15) is 15.0 Å². The molecule has 0 unspecified atom stereocenters. The van der Waals surface area contributed by atoms with E-state index in [1.807, 2.05) is 36.4 Å². The average Bonchev–Trinajstić information content (AvgIpc) is 3.13. The van der Waals surface area contributed by atoms with Gasteiger partial charge in [-0.25, -0.2) is 0 Å². The number of para-hydroxylation sites is 1. The molecule has 1 saturated heterocycles. The highest BCUT2D eigenvalue weighted by atomic mass is 35.5. The molecule has 2 aromatic heterocycles. The van der Waals surface area contributed by atoms with Crippen molar-refractivity contribution in [2.75, 3.05) is 37.2 Å². The molecule has 152 valence electrons. The molecular formula is C20H24ClN7S. The molecule has 29 heavy (non-hydrogen) atoms. The second-order valence-corrected chi connectivity index (χ2v) is 8.86. The monoisotopic (exact) mass is 429 g/mol. The first kappa shape index (κ1) is 20.0. The van der Waals surface area contributed by atoms with E-state index in [2.05, 4.69) is 43.1 Å². The van der Waals surface area contributed by atoms with Crippen LogP contribution in [-0.4, -0.2) is 50.9 Å². The number of hydrogen-bond acceptors (Lipinski definition) is 8. The third-order valence-corrected chi connectivity index (χ3v) is 6.25. The highest BCUT2D eigenvalue weighted by molar-refractivity contribution is 7.16. The highest BCUT2D eigenvalue weighted by Gasteiger charge is 2.24. The Kier molecular flexibility index (Phi) is 6.25. The number of rotatable bonds is 6. The SMILES string of the molecule is C[C@@H](c1nc(N)nc(Nc2ccccc2)n1)N1CCN(Cc2ccc(Cl)s2)CC1. The Balaban J connectivity index is 1.38. The summed E-state index contributed by atoms with van der Waals surface area (Å²) in [5.41, 5.74) is 6.87. The lowest BCUT2D eigenvalue weighted by Gasteiger charge is -2.37. The zero-order valence-electron chi connectivity index (χ0n) is 16.3. The van der Waals surface area contributed by atoms with E-state index in [0.717, 1.165) is 42.7 Å². The number of nitrogens with one attached hydrogen (secondary N) is 1. The minimum Gasteiger partial charge on any atom is -0.368 e. The van der Waals surface area contributed by atoms with Crippen molar-refractivity contribution >= 4 is 40.5 Å². The average molecular weight is 430 g/mol. The van der Waals surface area contributed by atoms with E-state index in [1.165, 1.54) is 4.88 Å². The molecule has 1 aliphatic heterocycles. The Labute approximate surface area is 179 Å². The number of piperazine rings is 1. The van der Waals surface area contributed by atoms with Gasteiger partial charge in [-0.1, -0.05) is 29.8 Å². The normalized spacial score (nSPS) is 16.6. The second-order valence-electron chi connectivity index (χ2n) is 7.06. The highest BCUT2D eigenvalue weighted by Crippen LogP contribution is 2.25. The van der Waals surface area contributed by atoms with Gasteiger partial charge in [0.15, 0.2) is 5.82 Å². The summed E-state index contributed by atoms with van der Waals surface area (Å²) in [4.78, 5) is 19.4. The van der Waals surface area contributed by atoms with Crippen molar-refractivity contribution in [1.82, 2.24) is 24.8 Å². The summed E-state index contributed by atoms with van der Waals surface area (Å²) < 4.78 is 0.847. The van der Waals surface area contributed by atoms with Crippen molar-refractivity contribution < 1.29 is 0 Å². The first-order valence-electron chi connectivity index (χ1n) is 9.61. The standard InChI is InChI=1S/C20H24ClN7S/c1-14(28-11-9-27(10-12-28)13-16-7-8-17(21)29-16)18-24-19(22)26-20(25-18)23-15-5-3-2-4-6-15/h2-8,14H,9-13H2,1H3,(H3,22,23,24,25,26)/t14-/m0/s1. The number of thiophene rings is 1. The zero-order valence-corrected chi connectivity index (χ0v) is 17.8. The maximum absolute atomic E-state index is 6.04. The molecule has 9 heteroatoms. The Hall–Kier alpha value is -2.26. The third kappa shape index (κ3) is 5.22. The molecule has 1 aromatic carbocycles. The molecule has 0 radical (unpaired) electrons. The molecule has 0 aliphatic carbocycles. The summed E-state index contributed by atoms with van der Waals surface area (Å²) in [7, 11) is 0. The van der Waals surface area contributed by atoms with Gasteiger partial charge >= 0.3 is 0 Å². The van der Waals surface area contributed by atoms with E-state index in [1.54, 1.807) is 11.3 Å². The van der Waals surface area contributed by atoms with E-state index >= 15 is 0 Å². The summed E-state index contributed by atoms with van der Waals surface area (Å²) in [6.07, 6.45) is 0. The number of benzene rings is 1. The van der Waals surface area contributed by atoms with Crippen molar-refractivity contribution in [3.63, 3.8) is 0 Å². The van der Waals surface area contributed by atoms with Crippen LogP contribution in [0.25, 0.3) is 0 Å². The van der Waals surface area contributed by atoms with Gasteiger partial charge in [0.1, 0.15) is 0 Å². The predicted molar refractivity (Wildman–Crippen MR) is 119 cm³/mol. The fourth-order valence-electron chi connectivity index (χ4n) is 3.43. The van der Waals surface area contributed by atoms with E-state index in [0.29, 0.717) is 11.8 Å². The summed E-state index contributed by atoms with van der Waals surface area (Å²) in [5.74, 6) is 1.39. The zero-order chi connectivity index (χ0) is 20.2. The summed E-state index contributed by atoms with van der Waals surface area (Å²) in [5, 5.41) is 3.20. The van der Waals surface area contributed by atoms with Gasteiger partial charge in [-0.3, -0.25) is 9.80 Å². The molecule has 0 saturated carbocycles. The molecule has 1 fully saturated rings. The first-order valence-corrected chi connectivity index (χ1v) is 10.8. The van der Waals surface area contributed by atoms with Gasteiger partial charge in [0.25, 0.3) is 0 Å². The van der Waals surface area contributed by atoms with E-state index in [9.17, 15) is 0 Å². The van der Waals surface area contributed by atoms with Crippen molar-refractivity contribution in [3.8, 4) is 0 Å². The van der Waals surface area contributed by atoms with Crippen LogP contribution in [0.1, 0.15) is 23.7 Å². The molecule has 4 rings (SSSR count). The smallest absolute Gasteiger partial charge is 0.232 e. The molecule has 1 aliphatic rings. The number of nitrogen functional groups attached to an aromatic ring is 1. The van der Waals surface area contributed by atoms with Gasteiger partial charge in [0.05, 0.1) is 10.4 Å². The van der Waals surface area contributed by atoms with E-state index in [4.69, 9.17) is 17.3 Å². The van der Waals surface area contributed by atoms with Crippen molar-refractivity contribution in [2.45, 2.75) is 19.5 Å². The van der Waals surface area contributed by atoms with Crippen molar-refractivity contribution in [2.24, 2.45) is 0 Å². The van der Waals surface area contributed by atoms with Gasteiger partial charge in [0.2, 0.25) is 11.9 Å². The van der Waals surface area contributed by atoms with Crippen LogP contribution in [0.5, 0.6) is 0 Å². The van der Waals surface area contributed by atoms with Crippen LogP contribution < -0.4 is 11.1 Å². The summed E-state index contributed by atoms with van der Waals surface area (Å²) in [6.45, 7) is 6.96. The molecular weight excluding hydrogens is 406 g/mol. The predicted octanol–water partition coefficient (Wildman–Crippen LogP) is 3.79. The van der Waals surface area contributed by atoms with Gasteiger partial charge in [-0.05, 0) is 31.2 Å². The first-order chi connectivity index (χ1) is 14.1. The van der Waals surface area contributed by atoms with Crippen LogP contribution in [0.15, 0.2) is 42.5 Å². The van der Waals surface area contributed by atoms with Crippen LogP contribution >= 0.6 is 22.9 Å². The second kappa shape index (κ2) is 9.04. The Morgan fingerprint density at radius 1 is 1.07 bits per heavy atom. The van der Waals surface area contributed by atoms with Gasteiger partial charge in [-0.15, -0.1) is 11.3 Å². The minimum atomic E-state index is 0.0648. The maximum atomic E-state index is 6.04. The van der Waals surface area contributed by atoms with Gasteiger partial charge < -0.3 is 11.1 Å². The molecule has 3 N–H and O–H groups in total. The fourth-order valence-corrected chi connectivity index (χ4v) is 4.56. The van der Waals surface area contributed by atoms with Crippen LogP contribution in [0.3, 0.4) is 0 Å². The molecule has 7 nitrogen and oxygen atoms in total. The maximum Gasteiger partial charge on any atom is 0.232 e. The van der Waals surface area contributed by atoms with Gasteiger partial charge in [0, 0.05) is 43.3 Å². The minimum absolute atomic E-state index is 0.0648. The topological polar surface area (TPSA) is 83.2 Å². The summed E-state index contributed by atoms with van der Waals surface area (Å²) in [6, 6.07) is 13.9. The number of anilines is 3. The Bertz CT molecular complexity index is 941. The Morgan fingerprint density at radius 2 is 1.83 bits per heavy atom. The summed E-state index contributed by atoms with van der Waals surface area (Å²) >= 11 is 7.70. The molecule has 3 heterocycles. The van der Waals surface area contributed by atoms with Crippen molar-refractivity contribution in [1.29, 1.82) is 0 Å². The number of nitrogens with zero attached hydrogens (tertiary/aromatic N) is 5. The number of hydrogen-bond donors (Lipinski definition) is 2. The van der Waals surface area contributed by atoms with Crippen LogP contribution in [-0.2, 0) is 6.54 Å². The lowest BCUT2D eigenvalue weighted by atomic mass is 10.2. The third-order valence-electron chi connectivity index (χ3n) is 5.04. The quantitative estimate of drug-likeness (QED) is 0.616.